The largest absolute Gasteiger partial charge is 0.372 e. The minimum Gasteiger partial charge on any atom is -0.372 e. The predicted octanol–water partition coefficient (Wildman–Crippen LogP) is 4.32. The summed E-state index contributed by atoms with van der Waals surface area (Å²) in [5.74, 6) is -0.912. The number of aryl methyl sites for hydroxylation is 1. The van der Waals surface area contributed by atoms with E-state index < -0.39 is 9.84 Å². The van der Waals surface area contributed by atoms with Crippen molar-refractivity contribution < 1.29 is 18.0 Å². The van der Waals surface area contributed by atoms with Crippen molar-refractivity contribution >= 4 is 54.6 Å². The third kappa shape index (κ3) is 5.58. The number of carbonyl (C=O) groups is 2. The molecule has 1 aliphatic rings. The molecular weight excluding hydrogens is 506 g/mol. The summed E-state index contributed by atoms with van der Waals surface area (Å²) in [6, 6.07) is 9.17. The van der Waals surface area contributed by atoms with Crippen LogP contribution < -0.4 is 15.1 Å². The van der Waals surface area contributed by atoms with Crippen LogP contribution in [0.5, 0.6) is 0 Å². The van der Waals surface area contributed by atoms with Crippen LogP contribution >= 0.6 is 15.9 Å². The van der Waals surface area contributed by atoms with Crippen LogP contribution in [0.4, 0.5) is 17.1 Å². The molecule has 33 heavy (non-hydrogen) atoms. The van der Waals surface area contributed by atoms with Gasteiger partial charge in [-0.25, -0.2) is 8.42 Å². The number of halogens is 1. The summed E-state index contributed by atoms with van der Waals surface area (Å²) in [5.41, 5.74) is 3.91. The number of hydrogen-bond donors (Lipinski definition) is 1. The summed E-state index contributed by atoms with van der Waals surface area (Å²) in [5, 5.41) is 2.83. The topological polar surface area (TPSA) is 86.8 Å². The van der Waals surface area contributed by atoms with E-state index in [1.807, 2.05) is 31.2 Å². The molecule has 0 saturated heterocycles. The maximum absolute atomic E-state index is 13.2. The lowest BCUT2D eigenvalue weighted by Gasteiger charge is -2.22. The number of nitrogens with zero attached hydrogens (tertiary/aromatic N) is 2. The van der Waals surface area contributed by atoms with E-state index >= 15 is 0 Å². The Bertz CT molecular complexity index is 1180. The molecular formula is C24H30BrN3O4S. The normalized spacial score (nSPS) is 13.1. The van der Waals surface area contributed by atoms with E-state index in [1.54, 1.807) is 0 Å². The first-order valence-electron chi connectivity index (χ1n) is 11.1. The van der Waals surface area contributed by atoms with Crippen molar-refractivity contribution in [1.29, 1.82) is 0 Å². The lowest BCUT2D eigenvalue weighted by atomic mass is 10.1. The molecule has 3 rings (SSSR count). The Kier molecular flexibility index (Phi) is 7.84. The Labute approximate surface area is 204 Å². The molecule has 0 bridgehead atoms. The predicted molar refractivity (Wildman–Crippen MR) is 136 cm³/mol. The fraction of sp³-hybridized carbons (Fsp3) is 0.417. The SMILES string of the molecule is CCN(CC)c1ccc(NC(=O)CCS(=O)(=O)c2cc(Br)cc3c2N(C(C)=O)CC3)c(C)c1. The molecule has 2 aromatic carbocycles. The molecule has 0 aromatic heterocycles. The second-order valence-corrected chi connectivity index (χ2v) is 11.1. The minimum atomic E-state index is -3.79. The van der Waals surface area contributed by atoms with E-state index in [2.05, 4.69) is 40.0 Å². The zero-order valence-corrected chi connectivity index (χ0v) is 21.8. The molecule has 0 atom stereocenters. The van der Waals surface area contributed by atoms with Crippen LogP contribution in [0.3, 0.4) is 0 Å². The summed E-state index contributed by atoms with van der Waals surface area (Å²) in [7, 11) is -3.79. The highest BCUT2D eigenvalue weighted by molar-refractivity contribution is 9.10. The van der Waals surface area contributed by atoms with Gasteiger partial charge in [-0.15, -0.1) is 0 Å². The van der Waals surface area contributed by atoms with E-state index in [1.165, 1.54) is 17.9 Å². The third-order valence-corrected chi connectivity index (χ3v) is 8.10. The summed E-state index contributed by atoms with van der Waals surface area (Å²) in [6.45, 7) is 9.75. The Morgan fingerprint density at radius 3 is 2.45 bits per heavy atom. The number of carbonyl (C=O) groups excluding carboxylic acids is 2. The van der Waals surface area contributed by atoms with E-state index in [0.29, 0.717) is 28.8 Å². The van der Waals surface area contributed by atoms with Crippen LogP contribution in [0.1, 0.15) is 38.3 Å². The molecule has 7 nitrogen and oxygen atoms in total. The van der Waals surface area contributed by atoms with Gasteiger partial charge in [0, 0.05) is 48.8 Å². The quantitative estimate of drug-likeness (QED) is 0.544. The van der Waals surface area contributed by atoms with Crippen LogP contribution in [0.2, 0.25) is 0 Å². The summed E-state index contributed by atoms with van der Waals surface area (Å²) in [6.07, 6.45) is 0.418. The first-order valence-corrected chi connectivity index (χ1v) is 13.5. The second kappa shape index (κ2) is 10.3. The number of fused-ring (bicyclic) bond motifs is 1. The molecule has 0 unspecified atom stereocenters. The molecule has 2 aromatic rings. The number of rotatable bonds is 8. The van der Waals surface area contributed by atoms with Gasteiger partial charge in [0.25, 0.3) is 0 Å². The zero-order valence-electron chi connectivity index (χ0n) is 19.4. The zero-order chi connectivity index (χ0) is 24.3. The van der Waals surface area contributed by atoms with Crippen molar-refractivity contribution in [3.05, 3.63) is 45.9 Å². The fourth-order valence-corrected chi connectivity index (χ4v) is 6.32. The first kappa shape index (κ1) is 25.2. The van der Waals surface area contributed by atoms with Gasteiger partial charge in [-0.3, -0.25) is 9.59 Å². The van der Waals surface area contributed by atoms with Crippen molar-refractivity contribution in [2.75, 3.05) is 40.5 Å². The Balaban J connectivity index is 1.74. The van der Waals surface area contributed by atoms with Crippen LogP contribution in [0.25, 0.3) is 0 Å². The van der Waals surface area contributed by atoms with E-state index in [-0.39, 0.29) is 28.9 Å². The molecule has 0 aliphatic carbocycles. The van der Waals surface area contributed by atoms with Crippen molar-refractivity contribution in [2.24, 2.45) is 0 Å². The van der Waals surface area contributed by atoms with E-state index in [0.717, 1.165) is 29.9 Å². The van der Waals surface area contributed by atoms with Crippen molar-refractivity contribution in [3.63, 3.8) is 0 Å². The number of amides is 2. The second-order valence-electron chi connectivity index (χ2n) is 8.12. The number of nitrogens with one attached hydrogen (secondary N) is 1. The van der Waals surface area contributed by atoms with Gasteiger partial charge in [-0.05, 0) is 68.7 Å². The van der Waals surface area contributed by atoms with Gasteiger partial charge in [0.05, 0.1) is 16.3 Å². The van der Waals surface area contributed by atoms with Gasteiger partial charge < -0.3 is 15.1 Å². The van der Waals surface area contributed by atoms with Gasteiger partial charge in [-0.2, -0.15) is 0 Å². The standard InChI is InChI=1S/C24H30BrN3O4S/c1-5-27(6-2)20-7-8-21(16(3)13-20)26-23(30)10-12-33(31,32)22-15-19(25)14-18-9-11-28(17(4)29)24(18)22/h7-8,13-15H,5-6,9-12H2,1-4H3,(H,26,30). The number of anilines is 3. The minimum absolute atomic E-state index is 0.0899. The van der Waals surface area contributed by atoms with Crippen LogP contribution in [-0.2, 0) is 25.8 Å². The molecule has 0 fully saturated rings. The average Bonchev–Trinajstić information content (AvgIpc) is 3.18. The monoisotopic (exact) mass is 535 g/mol. The maximum atomic E-state index is 13.2. The lowest BCUT2D eigenvalue weighted by Crippen LogP contribution is -2.28. The average molecular weight is 536 g/mol. The highest BCUT2D eigenvalue weighted by Crippen LogP contribution is 2.38. The smallest absolute Gasteiger partial charge is 0.225 e. The highest BCUT2D eigenvalue weighted by Gasteiger charge is 2.31. The van der Waals surface area contributed by atoms with Crippen molar-refractivity contribution in [2.45, 2.75) is 45.4 Å². The van der Waals surface area contributed by atoms with Crippen molar-refractivity contribution in [3.8, 4) is 0 Å². The number of benzene rings is 2. The van der Waals surface area contributed by atoms with Gasteiger partial charge in [0.2, 0.25) is 11.8 Å². The highest BCUT2D eigenvalue weighted by atomic mass is 79.9. The molecule has 1 N–H and O–H groups in total. The van der Waals surface area contributed by atoms with Gasteiger partial charge in [0.15, 0.2) is 9.84 Å². The van der Waals surface area contributed by atoms with Crippen LogP contribution in [0, 0.1) is 6.92 Å². The third-order valence-electron chi connectivity index (χ3n) is 5.92. The van der Waals surface area contributed by atoms with Gasteiger partial charge >= 0.3 is 0 Å². The molecule has 1 heterocycles. The molecule has 2 amide bonds. The first-order chi connectivity index (χ1) is 15.6. The Hall–Kier alpha value is -2.39. The number of hydrogen-bond acceptors (Lipinski definition) is 5. The van der Waals surface area contributed by atoms with E-state index in [9.17, 15) is 18.0 Å². The summed E-state index contributed by atoms with van der Waals surface area (Å²) < 4.78 is 27.0. The molecule has 9 heteroatoms. The van der Waals surface area contributed by atoms with E-state index in [4.69, 9.17) is 0 Å². The Morgan fingerprint density at radius 1 is 1.15 bits per heavy atom. The number of sulfone groups is 1. The summed E-state index contributed by atoms with van der Waals surface area (Å²) >= 11 is 3.37. The molecule has 0 radical (unpaired) electrons. The maximum Gasteiger partial charge on any atom is 0.225 e. The molecule has 0 spiro atoms. The van der Waals surface area contributed by atoms with Crippen LogP contribution in [-0.4, -0.2) is 45.6 Å². The molecule has 178 valence electrons. The summed E-state index contributed by atoms with van der Waals surface area (Å²) in [4.78, 5) is 28.4. The van der Waals surface area contributed by atoms with Crippen molar-refractivity contribution in [1.82, 2.24) is 0 Å². The van der Waals surface area contributed by atoms with Crippen LogP contribution in [0.15, 0.2) is 39.7 Å². The Morgan fingerprint density at radius 2 is 1.85 bits per heavy atom. The lowest BCUT2D eigenvalue weighted by molar-refractivity contribution is -0.117. The van der Waals surface area contributed by atoms with Gasteiger partial charge in [-0.1, -0.05) is 15.9 Å². The van der Waals surface area contributed by atoms with Gasteiger partial charge in [0.1, 0.15) is 0 Å². The fourth-order valence-electron chi connectivity index (χ4n) is 4.14. The molecule has 1 aliphatic heterocycles. The molecule has 0 saturated carbocycles.